The van der Waals surface area contributed by atoms with Gasteiger partial charge in [0.15, 0.2) is 0 Å². The molecule has 2 aliphatic heterocycles. The van der Waals surface area contributed by atoms with E-state index >= 15 is 0 Å². The summed E-state index contributed by atoms with van der Waals surface area (Å²) in [5.74, 6) is -0.323. The van der Waals surface area contributed by atoms with E-state index in [0.29, 0.717) is 29.3 Å². The molecule has 2 aliphatic rings. The predicted molar refractivity (Wildman–Crippen MR) is 109 cm³/mol. The SMILES string of the molecule is O=C1C(c2cccs2)=C(N2CCCCC2)C(=O)N1CCc1ccc(Cl)cc1. The Kier molecular flexibility index (Phi) is 5.32. The number of thiophene rings is 1. The van der Waals surface area contributed by atoms with Crippen molar-refractivity contribution in [2.24, 2.45) is 0 Å². The molecule has 1 saturated heterocycles. The Hall–Kier alpha value is -2.11. The fraction of sp³-hybridized carbons (Fsp3) is 0.333. The fourth-order valence-corrected chi connectivity index (χ4v) is 4.60. The van der Waals surface area contributed by atoms with E-state index in [9.17, 15) is 9.59 Å². The monoisotopic (exact) mass is 400 g/mol. The number of nitrogens with zero attached hydrogens (tertiary/aromatic N) is 2. The van der Waals surface area contributed by atoms with Crippen LogP contribution < -0.4 is 0 Å². The molecule has 0 unspecified atom stereocenters. The van der Waals surface area contributed by atoms with Gasteiger partial charge in [0.05, 0.1) is 5.57 Å². The van der Waals surface area contributed by atoms with Crippen molar-refractivity contribution in [3.63, 3.8) is 0 Å². The van der Waals surface area contributed by atoms with Crippen LogP contribution in [0, 0.1) is 0 Å². The highest BCUT2D eigenvalue weighted by atomic mass is 35.5. The lowest BCUT2D eigenvalue weighted by Crippen LogP contribution is -2.38. The number of halogens is 1. The first-order chi connectivity index (χ1) is 13.1. The van der Waals surface area contributed by atoms with Gasteiger partial charge in [0, 0.05) is 29.5 Å². The molecule has 2 aromatic rings. The molecule has 27 heavy (non-hydrogen) atoms. The zero-order chi connectivity index (χ0) is 18.8. The van der Waals surface area contributed by atoms with Crippen LogP contribution in [0.5, 0.6) is 0 Å². The van der Waals surface area contributed by atoms with Gasteiger partial charge in [-0.15, -0.1) is 11.3 Å². The van der Waals surface area contributed by atoms with Gasteiger partial charge in [0.25, 0.3) is 11.8 Å². The highest BCUT2D eigenvalue weighted by Crippen LogP contribution is 2.35. The first kappa shape index (κ1) is 18.3. The number of imide groups is 1. The Morgan fingerprint density at radius 2 is 1.70 bits per heavy atom. The van der Waals surface area contributed by atoms with Crippen LogP contribution in [0.15, 0.2) is 47.5 Å². The molecular weight excluding hydrogens is 380 g/mol. The Bertz CT molecular complexity index is 868. The van der Waals surface area contributed by atoms with Gasteiger partial charge < -0.3 is 4.90 Å². The van der Waals surface area contributed by atoms with Gasteiger partial charge in [0.1, 0.15) is 5.70 Å². The molecule has 6 heteroatoms. The molecule has 0 spiro atoms. The summed E-state index contributed by atoms with van der Waals surface area (Å²) in [5.41, 5.74) is 2.23. The van der Waals surface area contributed by atoms with E-state index in [1.54, 1.807) is 0 Å². The zero-order valence-electron chi connectivity index (χ0n) is 15.0. The van der Waals surface area contributed by atoms with Crippen LogP contribution in [-0.2, 0) is 16.0 Å². The van der Waals surface area contributed by atoms with Crippen molar-refractivity contribution in [2.75, 3.05) is 19.6 Å². The molecule has 0 bridgehead atoms. The average molecular weight is 401 g/mol. The highest BCUT2D eigenvalue weighted by Gasteiger charge is 2.41. The molecule has 4 rings (SSSR count). The summed E-state index contributed by atoms with van der Waals surface area (Å²) in [7, 11) is 0. The second-order valence-electron chi connectivity index (χ2n) is 6.89. The van der Waals surface area contributed by atoms with Crippen molar-refractivity contribution >= 4 is 40.3 Å². The second-order valence-corrected chi connectivity index (χ2v) is 8.27. The lowest BCUT2D eigenvalue weighted by molar-refractivity contribution is -0.137. The molecule has 4 nitrogen and oxygen atoms in total. The molecule has 140 valence electrons. The van der Waals surface area contributed by atoms with Crippen LogP contribution in [0.2, 0.25) is 5.02 Å². The van der Waals surface area contributed by atoms with E-state index in [4.69, 9.17) is 11.6 Å². The van der Waals surface area contributed by atoms with Gasteiger partial charge in [-0.25, -0.2) is 0 Å². The zero-order valence-corrected chi connectivity index (χ0v) is 16.6. The Labute approximate surface area is 168 Å². The maximum atomic E-state index is 13.2. The number of hydrogen-bond donors (Lipinski definition) is 0. The molecule has 2 amide bonds. The third-order valence-electron chi connectivity index (χ3n) is 5.12. The first-order valence-electron chi connectivity index (χ1n) is 9.29. The van der Waals surface area contributed by atoms with E-state index in [-0.39, 0.29) is 11.8 Å². The molecular formula is C21H21ClN2O2S. The highest BCUT2D eigenvalue weighted by molar-refractivity contribution is 7.11. The predicted octanol–water partition coefficient (Wildman–Crippen LogP) is 4.21. The number of hydrogen-bond acceptors (Lipinski definition) is 4. The average Bonchev–Trinajstić information content (AvgIpc) is 3.29. The molecule has 0 N–H and O–H groups in total. The minimum atomic E-state index is -0.169. The number of benzene rings is 1. The van der Waals surface area contributed by atoms with Gasteiger partial charge in [-0.05, 0) is 54.8 Å². The van der Waals surface area contributed by atoms with E-state index in [1.807, 2.05) is 41.8 Å². The largest absolute Gasteiger partial charge is 0.366 e. The van der Waals surface area contributed by atoms with Gasteiger partial charge in [-0.1, -0.05) is 29.8 Å². The van der Waals surface area contributed by atoms with Gasteiger partial charge >= 0.3 is 0 Å². The first-order valence-corrected chi connectivity index (χ1v) is 10.5. The number of carbonyl (C=O) groups is 2. The van der Waals surface area contributed by atoms with Crippen LogP contribution >= 0.6 is 22.9 Å². The number of rotatable bonds is 5. The normalized spacial score (nSPS) is 18.0. The number of amides is 2. The topological polar surface area (TPSA) is 40.6 Å². The lowest BCUT2D eigenvalue weighted by atomic mass is 10.1. The number of likely N-dealkylation sites (tertiary alicyclic amines) is 1. The van der Waals surface area contributed by atoms with Crippen molar-refractivity contribution in [3.05, 3.63) is 62.9 Å². The van der Waals surface area contributed by atoms with Crippen molar-refractivity contribution in [2.45, 2.75) is 25.7 Å². The van der Waals surface area contributed by atoms with E-state index < -0.39 is 0 Å². The summed E-state index contributed by atoms with van der Waals surface area (Å²) in [6.07, 6.45) is 3.93. The smallest absolute Gasteiger partial charge is 0.277 e. The second kappa shape index (κ2) is 7.87. The number of piperidine rings is 1. The lowest BCUT2D eigenvalue weighted by Gasteiger charge is -2.29. The number of carbonyl (C=O) groups excluding carboxylic acids is 2. The third kappa shape index (κ3) is 3.66. The quantitative estimate of drug-likeness (QED) is 0.706. The summed E-state index contributed by atoms with van der Waals surface area (Å²) >= 11 is 7.45. The molecule has 0 saturated carbocycles. The van der Waals surface area contributed by atoms with Crippen LogP contribution in [0.4, 0.5) is 0 Å². The third-order valence-corrected chi connectivity index (χ3v) is 6.26. The van der Waals surface area contributed by atoms with Gasteiger partial charge in [0.2, 0.25) is 0 Å². The molecule has 3 heterocycles. The van der Waals surface area contributed by atoms with E-state index in [2.05, 4.69) is 4.90 Å². The maximum absolute atomic E-state index is 13.2. The van der Waals surface area contributed by atoms with Crippen LogP contribution in [0.25, 0.3) is 5.57 Å². The van der Waals surface area contributed by atoms with Crippen molar-refractivity contribution < 1.29 is 9.59 Å². The van der Waals surface area contributed by atoms with Crippen LogP contribution in [0.3, 0.4) is 0 Å². The van der Waals surface area contributed by atoms with Crippen LogP contribution in [-0.4, -0.2) is 41.2 Å². The molecule has 1 aromatic heterocycles. The standard InChI is InChI=1S/C21H21ClN2O2S/c22-16-8-6-15(7-9-16)10-13-24-20(25)18(17-5-4-14-27-17)19(21(24)26)23-11-2-1-3-12-23/h4-9,14H,1-3,10-13H2. The fourth-order valence-electron chi connectivity index (χ4n) is 3.71. The summed E-state index contributed by atoms with van der Waals surface area (Å²) in [4.78, 5) is 30.7. The summed E-state index contributed by atoms with van der Waals surface area (Å²) < 4.78 is 0. The van der Waals surface area contributed by atoms with Gasteiger partial charge in [-0.3, -0.25) is 14.5 Å². The molecule has 1 aromatic carbocycles. The summed E-state index contributed by atoms with van der Waals surface area (Å²) in [6, 6.07) is 11.4. The van der Waals surface area contributed by atoms with E-state index in [1.165, 1.54) is 22.7 Å². The Morgan fingerprint density at radius 3 is 2.37 bits per heavy atom. The van der Waals surface area contributed by atoms with Crippen LogP contribution in [0.1, 0.15) is 29.7 Å². The maximum Gasteiger partial charge on any atom is 0.277 e. The molecule has 0 atom stereocenters. The van der Waals surface area contributed by atoms with E-state index in [0.717, 1.165) is 36.4 Å². The summed E-state index contributed by atoms with van der Waals surface area (Å²) in [6.45, 7) is 2.06. The molecule has 1 fully saturated rings. The summed E-state index contributed by atoms with van der Waals surface area (Å²) in [5, 5.41) is 2.63. The minimum Gasteiger partial charge on any atom is -0.366 e. The van der Waals surface area contributed by atoms with Crippen molar-refractivity contribution in [1.29, 1.82) is 0 Å². The van der Waals surface area contributed by atoms with Crippen molar-refractivity contribution in [3.8, 4) is 0 Å². The Morgan fingerprint density at radius 1 is 0.963 bits per heavy atom. The van der Waals surface area contributed by atoms with Crippen molar-refractivity contribution in [1.82, 2.24) is 9.80 Å². The Balaban J connectivity index is 1.60. The molecule has 0 radical (unpaired) electrons. The van der Waals surface area contributed by atoms with Gasteiger partial charge in [-0.2, -0.15) is 0 Å². The minimum absolute atomic E-state index is 0.153. The molecule has 0 aliphatic carbocycles.